The Morgan fingerprint density at radius 2 is 2.19 bits per heavy atom. The molecule has 0 bridgehead atoms. The first-order valence-electron chi connectivity index (χ1n) is 5.38. The Labute approximate surface area is 99.6 Å². The number of hydrogen-bond donors (Lipinski definition) is 1. The van der Waals surface area contributed by atoms with Crippen LogP contribution in [0.5, 0.6) is 0 Å². The van der Waals surface area contributed by atoms with Gasteiger partial charge in [0.1, 0.15) is 12.1 Å². The van der Waals surface area contributed by atoms with E-state index in [0.29, 0.717) is 0 Å². The number of nitrogens with one attached hydrogen (secondary N) is 1. The molecule has 3 nitrogen and oxygen atoms in total. The van der Waals surface area contributed by atoms with Crippen molar-refractivity contribution in [1.82, 2.24) is 9.97 Å². The van der Waals surface area contributed by atoms with Crippen LogP contribution in [0.2, 0.25) is 0 Å². The zero-order chi connectivity index (χ0) is 11.4. The standard InChI is InChI=1S/C12H15N3S/c1-3-10-6-12(15-8-14-10)13-7-11-5-4-9(2)16-11/h4-6,8H,3,7H2,1-2H3,(H,13,14,15). The summed E-state index contributed by atoms with van der Waals surface area (Å²) in [5.41, 5.74) is 1.07. The van der Waals surface area contributed by atoms with Crippen LogP contribution in [0.4, 0.5) is 5.82 Å². The molecule has 0 aliphatic heterocycles. The van der Waals surface area contributed by atoms with Crippen molar-refractivity contribution in [2.24, 2.45) is 0 Å². The second-order valence-electron chi connectivity index (χ2n) is 3.61. The predicted molar refractivity (Wildman–Crippen MR) is 67.8 cm³/mol. The molecule has 16 heavy (non-hydrogen) atoms. The van der Waals surface area contributed by atoms with Gasteiger partial charge in [0.15, 0.2) is 0 Å². The molecule has 0 spiro atoms. The molecule has 0 amide bonds. The minimum absolute atomic E-state index is 0.832. The van der Waals surface area contributed by atoms with Gasteiger partial charge in [-0.15, -0.1) is 11.3 Å². The molecule has 0 saturated heterocycles. The normalized spacial score (nSPS) is 10.4. The highest BCUT2D eigenvalue weighted by molar-refractivity contribution is 7.11. The van der Waals surface area contributed by atoms with E-state index in [1.807, 2.05) is 17.4 Å². The van der Waals surface area contributed by atoms with Gasteiger partial charge in [0.05, 0.1) is 6.54 Å². The Kier molecular flexibility index (Phi) is 3.51. The monoisotopic (exact) mass is 233 g/mol. The predicted octanol–water partition coefficient (Wildman–Crippen LogP) is 3.02. The maximum absolute atomic E-state index is 4.19. The van der Waals surface area contributed by atoms with E-state index in [1.165, 1.54) is 9.75 Å². The summed E-state index contributed by atoms with van der Waals surface area (Å²) in [5.74, 6) is 0.901. The van der Waals surface area contributed by atoms with Crippen molar-refractivity contribution in [3.8, 4) is 0 Å². The van der Waals surface area contributed by atoms with Crippen LogP contribution < -0.4 is 5.32 Å². The fourth-order valence-corrected chi connectivity index (χ4v) is 2.28. The van der Waals surface area contributed by atoms with E-state index in [9.17, 15) is 0 Å². The number of aryl methyl sites for hydroxylation is 2. The van der Waals surface area contributed by atoms with Crippen LogP contribution in [0.1, 0.15) is 22.4 Å². The Balaban J connectivity index is 1.99. The first kappa shape index (κ1) is 11.1. The summed E-state index contributed by atoms with van der Waals surface area (Å²) in [6.07, 6.45) is 2.55. The van der Waals surface area contributed by atoms with Gasteiger partial charge < -0.3 is 5.32 Å². The van der Waals surface area contributed by atoms with Crippen LogP contribution in [0, 0.1) is 6.92 Å². The molecule has 0 aliphatic carbocycles. The van der Waals surface area contributed by atoms with Crippen molar-refractivity contribution < 1.29 is 0 Å². The molecule has 0 fully saturated rings. The number of thiophene rings is 1. The summed E-state index contributed by atoms with van der Waals surface area (Å²) >= 11 is 1.81. The van der Waals surface area contributed by atoms with Gasteiger partial charge in [0, 0.05) is 21.5 Å². The highest BCUT2D eigenvalue weighted by Gasteiger charge is 1.99. The summed E-state index contributed by atoms with van der Waals surface area (Å²) in [6.45, 7) is 5.04. The van der Waals surface area contributed by atoms with Crippen molar-refractivity contribution in [3.05, 3.63) is 40.0 Å². The van der Waals surface area contributed by atoms with Gasteiger partial charge in [-0.3, -0.25) is 0 Å². The molecule has 0 unspecified atom stereocenters. The SMILES string of the molecule is CCc1cc(NCc2ccc(C)s2)ncn1. The fraction of sp³-hybridized carbons (Fsp3) is 0.333. The topological polar surface area (TPSA) is 37.8 Å². The first-order chi connectivity index (χ1) is 7.78. The lowest BCUT2D eigenvalue weighted by molar-refractivity contribution is 0.989. The average Bonchev–Trinajstić information content (AvgIpc) is 2.73. The molecule has 0 radical (unpaired) electrons. The third-order valence-corrected chi connectivity index (χ3v) is 3.33. The molecule has 0 aromatic carbocycles. The number of anilines is 1. The van der Waals surface area contributed by atoms with E-state index < -0.39 is 0 Å². The molecule has 4 heteroatoms. The molecule has 1 N–H and O–H groups in total. The van der Waals surface area contributed by atoms with E-state index in [0.717, 1.165) is 24.5 Å². The molecule has 0 aliphatic rings. The van der Waals surface area contributed by atoms with E-state index in [2.05, 4.69) is 41.3 Å². The molecular formula is C12H15N3S. The van der Waals surface area contributed by atoms with Crippen LogP contribution in [0.3, 0.4) is 0 Å². The van der Waals surface area contributed by atoms with Gasteiger partial charge in [-0.05, 0) is 25.5 Å². The Bertz CT molecular complexity index is 465. The van der Waals surface area contributed by atoms with Crippen molar-refractivity contribution in [2.45, 2.75) is 26.8 Å². The second kappa shape index (κ2) is 5.07. The van der Waals surface area contributed by atoms with E-state index in [4.69, 9.17) is 0 Å². The third-order valence-electron chi connectivity index (χ3n) is 2.33. The maximum atomic E-state index is 4.19. The van der Waals surface area contributed by atoms with Crippen LogP contribution in [0.15, 0.2) is 24.5 Å². The van der Waals surface area contributed by atoms with Gasteiger partial charge >= 0.3 is 0 Å². The summed E-state index contributed by atoms with van der Waals surface area (Å²) in [7, 11) is 0. The fourth-order valence-electron chi connectivity index (χ4n) is 1.45. The lowest BCUT2D eigenvalue weighted by atomic mass is 10.3. The number of nitrogens with zero attached hydrogens (tertiary/aromatic N) is 2. The molecule has 0 atom stereocenters. The van der Waals surface area contributed by atoms with Crippen LogP contribution in [-0.4, -0.2) is 9.97 Å². The zero-order valence-corrected chi connectivity index (χ0v) is 10.3. The smallest absolute Gasteiger partial charge is 0.129 e. The highest BCUT2D eigenvalue weighted by Crippen LogP contribution is 2.16. The minimum atomic E-state index is 0.832. The Hall–Kier alpha value is -1.42. The lowest BCUT2D eigenvalue weighted by Crippen LogP contribution is -2.01. The number of hydrogen-bond acceptors (Lipinski definition) is 4. The first-order valence-corrected chi connectivity index (χ1v) is 6.19. The molecule has 2 rings (SSSR count). The maximum Gasteiger partial charge on any atom is 0.129 e. The van der Waals surface area contributed by atoms with Crippen molar-refractivity contribution in [1.29, 1.82) is 0 Å². The minimum Gasteiger partial charge on any atom is -0.365 e. The van der Waals surface area contributed by atoms with E-state index >= 15 is 0 Å². The number of rotatable bonds is 4. The van der Waals surface area contributed by atoms with Crippen LogP contribution in [-0.2, 0) is 13.0 Å². The molecule has 2 heterocycles. The largest absolute Gasteiger partial charge is 0.365 e. The van der Waals surface area contributed by atoms with Gasteiger partial charge in [0.25, 0.3) is 0 Å². The molecule has 2 aromatic heterocycles. The summed E-state index contributed by atoms with van der Waals surface area (Å²) in [6, 6.07) is 6.29. The van der Waals surface area contributed by atoms with Gasteiger partial charge in [-0.2, -0.15) is 0 Å². The highest BCUT2D eigenvalue weighted by atomic mass is 32.1. The summed E-state index contributed by atoms with van der Waals surface area (Å²) in [5, 5.41) is 3.31. The summed E-state index contributed by atoms with van der Waals surface area (Å²) in [4.78, 5) is 11.0. The Morgan fingerprint density at radius 3 is 2.88 bits per heavy atom. The van der Waals surface area contributed by atoms with Gasteiger partial charge in [-0.1, -0.05) is 6.92 Å². The molecule has 0 saturated carbocycles. The van der Waals surface area contributed by atoms with E-state index in [1.54, 1.807) is 6.33 Å². The van der Waals surface area contributed by atoms with Crippen molar-refractivity contribution in [2.75, 3.05) is 5.32 Å². The second-order valence-corrected chi connectivity index (χ2v) is 4.99. The van der Waals surface area contributed by atoms with Crippen LogP contribution >= 0.6 is 11.3 Å². The molecule has 84 valence electrons. The van der Waals surface area contributed by atoms with Crippen LogP contribution in [0.25, 0.3) is 0 Å². The zero-order valence-electron chi connectivity index (χ0n) is 9.53. The molecule has 2 aromatic rings. The molecular weight excluding hydrogens is 218 g/mol. The van der Waals surface area contributed by atoms with Crippen molar-refractivity contribution >= 4 is 17.2 Å². The Morgan fingerprint density at radius 1 is 1.31 bits per heavy atom. The third kappa shape index (κ3) is 2.79. The van der Waals surface area contributed by atoms with Gasteiger partial charge in [0.2, 0.25) is 0 Å². The lowest BCUT2D eigenvalue weighted by Gasteiger charge is -2.04. The number of aromatic nitrogens is 2. The van der Waals surface area contributed by atoms with Crippen molar-refractivity contribution in [3.63, 3.8) is 0 Å². The van der Waals surface area contributed by atoms with Gasteiger partial charge in [-0.25, -0.2) is 9.97 Å². The quantitative estimate of drug-likeness (QED) is 0.882. The summed E-state index contributed by atoms with van der Waals surface area (Å²) < 4.78 is 0. The average molecular weight is 233 g/mol. The van der Waals surface area contributed by atoms with E-state index in [-0.39, 0.29) is 0 Å².